The number of carbonyl (C=O) groups excluding carboxylic acids is 2. The molecule has 0 aromatic heterocycles. The highest BCUT2D eigenvalue weighted by Crippen LogP contribution is 2.38. The Hall–Kier alpha value is -3.39. The molecular formula is C21H29FN3O11P. The molecule has 0 bridgehead atoms. The van der Waals surface area contributed by atoms with Crippen molar-refractivity contribution in [2.75, 3.05) is 6.61 Å². The Morgan fingerprint density at radius 3 is 2.05 bits per heavy atom. The number of carboxylic acids is 3. The molecule has 0 radical (unpaired) electrons. The Balaban J connectivity index is 2.91. The average Bonchev–Trinajstić information content (AvgIpc) is 2.81. The first-order valence-electron chi connectivity index (χ1n) is 11.0. The lowest BCUT2D eigenvalue weighted by atomic mass is 9.97. The summed E-state index contributed by atoms with van der Waals surface area (Å²) in [6, 6.07) is -0.442. The Morgan fingerprint density at radius 2 is 1.57 bits per heavy atom. The molecule has 0 spiro atoms. The number of carboxylic acid groups (broad SMARTS) is 3. The number of nitrogens with one attached hydrogen (secondary N) is 3. The summed E-state index contributed by atoms with van der Waals surface area (Å²) in [6.45, 7) is 2.24. The summed E-state index contributed by atoms with van der Waals surface area (Å²) < 4.78 is 30.0. The fourth-order valence-corrected chi connectivity index (χ4v) is 3.94. The second-order valence-electron chi connectivity index (χ2n) is 8.01. The second-order valence-corrected chi connectivity index (χ2v) is 9.57. The molecule has 0 saturated carbocycles. The third-order valence-corrected chi connectivity index (χ3v) is 6.32. The van der Waals surface area contributed by atoms with Crippen LogP contribution in [0.1, 0.15) is 43.5 Å². The minimum Gasteiger partial charge on any atom is -0.481 e. The summed E-state index contributed by atoms with van der Waals surface area (Å²) in [6.07, 6.45) is -0.820. The van der Waals surface area contributed by atoms with Gasteiger partial charge in [-0.05, 0) is 36.6 Å². The van der Waals surface area contributed by atoms with Crippen LogP contribution < -0.4 is 15.7 Å². The van der Waals surface area contributed by atoms with Gasteiger partial charge in [0.15, 0.2) is 6.04 Å². The molecule has 1 aromatic carbocycles. The first-order valence-corrected chi connectivity index (χ1v) is 12.5. The molecule has 206 valence electrons. The lowest BCUT2D eigenvalue weighted by molar-refractivity contribution is -0.143. The number of benzene rings is 1. The van der Waals surface area contributed by atoms with Gasteiger partial charge in [-0.3, -0.25) is 23.7 Å². The Kier molecular flexibility index (Phi) is 12.3. The first kappa shape index (κ1) is 31.6. The van der Waals surface area contributed by atoms with E-state index in [0.29, 0.717) is 6.42 Å². The molecule has 1 rings (SSSR count). The van der Waals surface area contributed by atoms with E-state index in [0.717, 1.165) is 12.1 Å². The van der Waals surface area contributed by atoms with Crippen molar-refractivity contribution in [2.24, 2.45) is 5.92 Å². The van der Waals surface area contributed by atoms with Gasteiger partial charge in [0, 0.05) is 12.0 Å². The topological polar surface area (TPSA) is 229 Å². The number of aliphatic carboxylic acids is 3. The maximum Gasteiger partial charge on any atom is 0.403 e. The summed E-state index contributed by atoms with van der Waals surface area (Å²) in [7, 11) is -4.95. The van der Waals surface area contributed by atoms with E-state index in [-0.39, 0.29) is 5.56 Å². The first-order chi connectivity index (χ1) is 17.2. The van der Waals surface area contributed by atoms with E-state index in [4.69, 9.17) is 10.2 Å². The highest BCUT2D eigenvalue weighted by molar-refractivity contribution is 7.50. The zero-order valence-electron chi connectivity index (χ0n) is 19.9. The van der Waals surface area contributed by atoms with Crippen molar-refractivity contribution in [3.8, 4) is 0 Å². The van der Waals surface area contributed by atoms with Gasteiger partial charge in [-0.25, -0.2) is 18.8 Å². The third-order valence-electron chi connectivity index (χ3n) is 5.18. The molecule has 37 heavy (non-hydrogen) atoms. The molecule has 14 nitrogen and oxygen atoms in total. The van der Waals surface area contributed by atoms with E-state index >= 15 is 0 Å². The summed E-state index contributed by atoms with van der Waals surface area (Å²) >= 11 is 0. The molecule has 16 heteroatoms. The van der Waals surface area contributed by atoms with Gasteiger partial charge in [0.1, 0.15) is 17.9 Å². The summed E-state index contributed by atoms with van der Waals surface area (Å²) in [5.41, 5.74) is 0.0452. The monoisotopic (exact) mass is 549 g/mol. The van der Waals surface area contributed by atoms with Crippen LogP contribution in [-0.2, 0) is 28.3 Å². The van der Waals surface area contributed by atoms with Crippen LogP contribution in [0.2, 0.25) is 0 Å². The van der Waals surface area contributed by atoms with E-state index in [1.54, 1.807) is 18.9 Å². The van der Waals surface area contributed by atoms with Gasteiger partial charge in [0.05, 0.1) is 6.61 Å². The molecular weight excluding hydrogens is 520 g/mol. The van der Waals surface area contributed by atoms with Crippen molar-refractivity contribution in [1.29, 1.82) is 0 Å². The zero-order valence-corrected chi connectivity index (χ0v) is 20.8. The van der Waals surface area contributed by atoms with Gasteiger partial charge < -0.3 is 30.8 Å². The van der Waals surface area contributed by atoms with Crippen molar-refractivity contribution >= 4 is 37.5 Å². The predicted molar refractivity (Wildman–Crippen MR) is 124 cm³/mol. The van der Waals surface area contributed by atoms with Crippen LogP contribution in [0, 0.1) is 11.7 Å². The van der Waals surface area contributed by atoms with Crippen molar-refractivity contribution in [2.45, 2.75) is 51.2 Å². The molecule has 0 fully saturated rings. The van der Waals surface area contributed by atoms with E-state index in [9.17, 15) is 42.9 Å². The minimum atomic E-state index is -4.95. The Morgan fingerprint density at radius 1 is 1.00 bits per heavy atom. The molecule has 5 atom stereocenters. The summed E-state index contributed by atoms with van der Waals surface area (Å²) in [4.78, 5) is 68.7. The van der Waals surface area contributed by atoms with Gasteiger partial charge in [-0.2, -0.15) is 0 Å². The number of amides is 2. The zero-order chi connectivity index (χ0) is 28.3. The van der Waals surface area contributed by atoms with Crippen molar-refractivity contribution in [3.05, 3.63) is 35.6 Å². The van der Waals surface area contributed by atoms with Crippen LogP contribution in [0.4, 0.5) is 4.39 Å². The predicted octanol–water partition coefficient (Wildman–Crippen LogP) is 0.564. The molecule has 1 aromatic rings. The Labute approximate surface area is 210 Å². The minimum absolute atomic E-state index is 0.0452. The van der Waals surface area contributed by atoms with Gasteiger partial charge in [-0.1, -0.05) is 20.3 Å². The standard InChI is InChI=1S/C21H29FN3O11P/c1-3-11(2)17(24-18(28)12-4-6-13(22)7-5-12)19(29)23-15(21(32)33)10-36-37(34,35)25-14(20(30)31)8-9-16(26)27/h4-7,11,14-15,17H,3,8-10H2,1-2H3,(H,23,29)(H,24,28)(H,26,27)(H,30,31)(H,32,33)(H2,25,34,35)/t11-,14+,15+,17+/m1/s1. The molecule has 0 aliphatic heterocycles. The van der Waals surface area contributed by atoms with Crippen LogP contribution in [0.3, 0.4) is 0 Å². The van der Waals surface area contributed by atoms with Crippen LogP contribution in [0.25, 0.3) is 0 Å². The molecule has 7 N–H and O–H groups in total. The average molecular weight is 549 g/mol. The van der Waals surface area contributed by atoms with Gasteiger partial charge in [-0.15, -0.1) is 0 Å². The van der Waals surface area contributed by atoms with Crippen LogP contribution in [0.15, 0.2) is 24.3 Å². The highest BCUT2D eigenvalue weighted by Gasteiger charge is 2.34. The number of rotatable bonds is 16. The second kappa shape index (κ2) is 14.4. The van der Waals surface area contributed by atoms with Crippen LogP contribution in [-0.4, -0.2) is 74.7 Å². The number of carbonyl (C=O) groups is 5. The molecule has 0 aliphatic carbocycles. The van der Waals surface area contributed by atoms with Gasteiger partial charge >= 0.3 is 25.7 Å². The number of hydrogen-bond acceptors (Lipinski definition) is 7. The fourth-order valence-electron chi connectivity index (χ4n) is 2.88. The maximum atomic E-state index is 13.1. The van der Waals surface area contributed by atoms with Gasteiger partial charge in [0.25, 0.3) is 5.91 Å². The molecule has 2 amide bonds. The van der Waals surface area contributed by atoms with E-state index in [1.807, 2.05) is 0 Å². The summed E-state index contributed by atoms with van der Waals surface area (Å²) in [5.74, 6) is -7.41. The lowest BCUT2D eigenvalue weighted by Crippen LogP contribution is -2.55. The highest BCUT2D eigenvalue weighted by atomic mass is 31.2. The maximum absolute atomic E-state index is 13.1. The smallest absolute Gasteiger partial charge is 0.403 e. The SMILES string of the molecule is CC[C@@H](C)[C@H](NC(=O)c1ccc(F)cc1)C(=O)N[C@@H](COP(=O)(O)N[C@@H](CCC(=O)O)C(=O)O)C(=O)O. The van der Waals surface area contributed by atoms with E-state index in [2.05, 4.69) is 15.2 Å². The molecule has 0 heterocycles. The van der Waals surface area contributed by atoms with Crippen molar-refractivity contribution in [1.82, 2.24) is 15.7 Å². The van der Waals surface area contributed by atoms with Crippen molar-refractivity contribution < 1.29 is 57.7 Å². The van der Waals surface area contributed by atoms with Crippen LogP contribution in [0.5, 0.6) is 0 Å². The van der Waals surface area contributed by atoms with E-state index < -0.39 is 86.8 Å². The normalized spacial score (nSPS) is 15.9. The van der Waals surface area contributed by atoms with Crippen molar-refractivity contribution in [3.63, 3.8) is 0 Å². The summed E-state index contributed by atoms with van der Waals surface area (Å²) in [5, 5.41) is 33.5. The molecule has 1 unspecified atom stereocenters. The third kappa shape index (κ3) is 11.0. The number of halogens is 1. The van der Waals surface area contributed by atoms with E-state index in [1.165, 1.54) is 12.1 Å². The Bertz CT molecular complexity index is 1040. The lowest BCUT2D eigenvalue weighted by Gasteiger charge is -2.26. The molecule has 0 saturated heterocycles. The molecule has 0 aliphatic rings. The van der Waals surface area contributed by atoms with Crippen LogP contribution >= 0.6 is 7.75 Å². The number of hydrogen-bond donors (Lipinski definition) is 7. The fraction of sp³-hybridized carbons (Fsp3) is 0.476. The largest absolute Gasteiger partial charge is 0.481 e. The van der Waals surface area contributed by atoms with Gasteiger partial charge in [0.2, 0.25) is 5.91 Å². The quantitative estimate of drug-likeness (QED) is 0.140.